The zero-order valence-corrected chi connectivity index (χ0v) is 16.6. The van der Waals surface area contributed by atoms with Gasteiger partial charge in [-0.05, 0) is 24.1 Å². The Morgan fingerprint density at radius 1 is 1.19 bits per heavy atom. The summed E-state index contributed by atoms with van der Waals surface area (Å²) in [4.78, 5) is 27.0. The number of likely N-dealkylation sites (tertiary alicyclic amines) is 1. The molecule has 0 radical (unpaired) electrons. The summed E-state index contributed by atoms with van der Waals surface area (Å²) in [6.07, 6.45) is 1.39. The van der Waals surface area contributed by atoms with E-state index in [0.29, 0.717) is 18.7 Å². The summed E-state index contributed by atoms with van der Waals surface area (Å²) >= 11 is 0. The number of piperidine rings is 1. The van der Waals surface area contributed by atoms with Gasteiger partial charge in [0.25, 0.3) is 5.91 Å². The number of benzene rings is 1. The van der Waals surface area contributed by atoms with Crippen molar-refractivity contribution in [3.05, 3.63) is 35.4 Å². The molecule has 1 aromatic carbocycles. The number of methoxy groups -OCH3 is 1. The molecule has 148 valence electrons. The Bertz CT molecular complexity index is 811. The van der Waals surface area contributed by atoms with Crippen LogP contribution >= 0.6 is 0 Å². The zero-order chi connectivity index (χ0) is 19.7. The van der Waals surface area contributed by atoms with Crippen molar-refractivity contribution in [3.63, 3.8) is 0 Å². The van der Waals surface area contributed by atoms with Crippen LogP contribution in [0.5, 0.6) is 0 Å². The van der Waals surface area contributed by atoms with Crippen molar-refractivity contribution in [2.45, 2.75) is 31.1 Å². The fourth-order valence-electron chi connectivity index (χ4n) is 3.99. The third-order valence-corrected chi connectivity index (χ3v) is 8.06. The molecule has 2 aliphatic rings. The summed E-state index contributed by atoms with van der Waals surface area (Å²) in [6, 6.07) is 7.50. The van der Waals surface area contributed by atoms with E-state index < -0.39 is 20.5 Å². The highest BCUT2D eigenvalue weighted by molar-refractivity contribution is 7.93. The summed E-state index contributed by atoms with van der Waals surface area (Å²) in [7, 11) is -2.06. The molecule has 2 fully saturated rings. The summed E-state index contributed by atoms with van der Waals surface area (Å²) in [5, 5.41) is 0. The molecular weight excluding hydrogens is 368 g/mol. The molecule has 0 unspecified atom stereocenters. The molecule has 8 heteroatoms. The number of hydrogen-bond acceptors (Lipinski definition) is 5. The molecule has 0 bridgehead atoms. The number of aryl methyl sites for hydroxylation is 1. The van der Waals surface area contributed by atoms with Gasteiger partial charge in [0.05, 0.1) is 6.61 Å². The molecule has 0 N–H and O–H groups in total. The van der Waals surface area contributed by atoms with Gasteiger partial charge in [0.2, 0.25) is 5.91 Å². The van der Waals surface area contributed by atoms with Crippen LogP contribution in [0.1, 0.15) is 35.7 Å². The molecule has 2 amide bonds. The molecule has 0 aromatic heterocycles. The van der Waals surface area contributed by atoms with E-state index in [9.17, 15) is 18.0 Å². The summed E-state index contributed by atoms with van der Waals surface area (Å²) in [6.45, 7) is 3.21. The van der Waals surface area contributed by atoms with Crippen LogP contribution in [0.25, 0.3) is 0 Å². The maximum Gasteiger partial charge on any atom is 0.253 e. The number of carbonyl (C=O) groups is 2. The lowest BCUT2D eigenvalue weighted by atomic mass is 10.0. The van der Waals surface area contributed by atoms with E-state index in [-0.39, 0.29) is 37.8 Å². The maximum absolute atomic E-state index is 12.8. The Labute approximate surface area is 160 Å². The highest BCUT2D eigenvalue weighted by atomic mass is 32.2. The number of amides is 2. The minimum absolute atomic E-state index is 0.0994. The molecule has 0 atom stereocenters. The van der Waals surface area contributed by atoms with Gasteiger partial charge < -0.3 is 14.5 Å². The van der Waals surface area contributed by atoms with Gasteiger partial charge in [-0.3, -0.25) is 9.59 Å². The minimum Gasteiger partial charge on any atom is -0.383 e. The van der Waals surface area contributed by atoms with Crippen molar-refractivity contribution in [1.29, 1.82) is 0 Å². The second-order valence-electron chi connectivity index (χ2n) is 7.09. The summed E-state index contributed by atoms with van der Waals surface area (Å²) < 4.78 is 30.5. The summed E-state index contributed by atoms with van der Waals surface area (Å²) in [5.41, 5.74) is 1.76. The van der Waals surface area contributed by atoms with Crippen LogP contribution in [0.3, 0.4) is 0 Å². The number of sulfone groups is 1. The van der Waals surface area contributed by atoms with Crippen LogP contribution in [0.4, 0.5) is 0 Å². The smallest absolute Gasteiger partial charge is 0.253 e. The van der Waals surface area contributed by atoms with Gasteiger partial charge >= 0.3 is 0 Å². The van der Waals surface area contributed by atoms with E-state index >= 15 is 0 Å². The van der Waals surface area contributed by atoms with Crippen LogP contribution < -0.4 is 0 Å². The van der Waals surface area contributed by atoms with Gasteiger partial charge in [-0.25, -0.2) is 8.42 Å². The zero-order valence-electron chi connectivity index (χ0n) is 15.8. The highest BCUT2D eigenvalue weighted by Gasteiger charge is 2.58. The fraction of sp³-hybridized carbons (Fsp3) is 0.579. The molecule has 0 aliphatic carbocycles. The fourth-order valence-corrected chi connectivity index (χ4v) is 6.07. The third-order valence-electron chi connectivity index (χ3n) is 5.65. The highest BCUT2D eigenvalue weighted by Crippen LogP contribution is 2.40. The number of ether oxygens (including phenoxy) is 1. The number of carbonyl (C=O) groups excluding carboxylic acids is 2. The first kappa shape index (κ1) is 19.8. The molecule has 2 heterocycles. The largest absolute Gasteiger partial charge is 0.383 e. The van der Waals surface area contributed by atoms with Crippen molar-refractivity contribution < 1.29 is 22.7 Å². The average molecular weight is 394 g/mol. The molecule has 1 aromatic rings. The monoisotopic (exact) mass is 394 g/mol. The van der Waals surface area contributed by atoms with Crippen molar-refractivity contribution in [2.24, 2.45) is 0 Å². The van der Waals surface area contributed by atoms with E-state index in [1.54, 1.807) is 4.90 Å². The van der Waals surface area contributed by atoms with E-state index in [1.165, 1.54) is 12.0 Å². The minimum atomic E-state index is -3.58. The third kappa shape index (κ3) is 3.48. The van der Waals surface area contributed by atoms with Gasteiger partial charge in [0.15, 0.2) is 9.84 Å². The quantitative estimate of drug-likeness (QED) is 0.746. The Morgan fingerprint density at radius 3 is 2.37 bits per heavy atom. The van der Waals surface area contributed by atoms with E-state index in [1.807, 2.05) is 24.3 Å². The lowest BCUT2D eigenvalue weighted by molar-refractivity contribution is -0.131. The van der Waals surface area contributed by atoms with Crippen LogP contribution in [-0.2, 0) is 25.8 Å². The number of nitrogens with zero attached hydrogens (tertiary/aromatic N) is 2. The molecule has 2 aliphatic heterocycles. The van der Waals surface area contributed by atoms with E-state index in [2.05, 4.69) is 6.92 Å². The Kier molecular flexibility index (Phi) is 5.58. The average Bonchev–Trinajstić information content (AvgIpc) is 2.85. The van der Waals surface area contributed by atoms with E-state index in [4.69, 9.17) is 4.74 Å². The van der Waals surface area contributed by atoms with Gasteiger partial charge in [0, 0.05) is 45.1 Å². The lowest BCUT2D eigenvalue weighted by Crippen LogP contribution is -2.57. The van der Waals surface area contributed by atoms with Crippen molar-refractivity contribution in [2.75, 3.05) is 39.1 Å². The molecular formula is C19H26N2O5S. The van der Waals surface area contributed by atoms with Crippen molar-refractivity contribution in [1.82, 2.24) is 9.80 Å². The first-order valence-electron chi connectivity index (χ1n) is 9.24. The van der Waals surface area contributed by atoms with Crippen LogP contribution in [0.2, 0.25) is 0 Å². The topological polar surface area (TPSA) is 84.0 Å². The maximum atomic E-state index is 12.8. The van der Waals surface area contributed by atoms with Crippen LogP contribution in [0.15, 0.2) is 24.3 Å². The first-order valence-corrected chi connectivity index (χ1v) is 10.9. The second-order valence-corrected chi connectivity index (χ2v) is 9.36. The van der Waals surface area contributed by atoms with Gasteiger partial charge in [-0.15, -0.1) is 0 Å². The van der Waals surface area contributed by atoms with Gasteiger partial charge in [-0.1, -0.05) is 19.1 Å². The second kappa shape index (κ2) is 7.59. The lowest BCUT2D eigenvalue weighted by Gasteiger charge is -2.43. The van der Waals surface area contributed by atoms with E-state index in [0.717, 1.165) is 12.0 Å². The Hall–Kier alpha value is -1.93. The molecule has 7 nitrogen and oxygen atoms in total. The standard InChI is InChI=1S/C19H26N2O5S/c1-3-15-4-6-16(7-5-15)18(23)20-10-8-19(9-11-20)21(12-13-26-2)17(22)14-27(19,24)25/h4-7H,3,8-14H2,1-2H3. The molecule has 3 rings (SSSR count). The van der Waals surface area contributed by atoms with Gasteiger partial charge in [-0.2, -0.15) is 0 Å². The molecule has 27 heavy (non-hydrogen) atoms. The number of hydrogen-bond donors (Lipinski definition) is 0. The van der Waals surface area contributed by atoms with Gasteiger partial charge in [0.1, 0.15) is 10.6 Å². The number of rotatable bonds is 5. The Balaban J connectivity index is 1.75. The van der Waals surface area contributed by atoms with Crippen molar-refractivity contribution >= 4 is 21.7 Å². The summed E-state index contributed by atoms with van der Waals surface area (Å²) in [5.74, 6) is -0.928. The van der Waals surface area contributed by atoms with Crippen LogP contribution in [0, 0.1) is 0 Å². The molecule has 0 saturated carbocycles. The molecule has 2 saturated heterocycles. The van der Waals surface area contributed by atoms with Crippen LogP contribution in [-0.4, -0.2) is 74.0 Å². The first-order chi connectivity index (χ1) is 12.8. The predicted octanol–water partition coefficient (Wildman–Crippen LogP) is 1.08. The molecule has 1 spiro atoms. The van der Waals surface area contributed by atoms with Crippen molar-refractivity contribution in [3.8, 4) is 0 Å². The normalized spacial score (nSPS) is 21.0. The SMILES string of the molecule is CCc1ccc(C(=O)N2CCC3(CC2)N(CCOC)C(=O)CS3(=O)=O)cc1. The Morgan fingerprint density at radius 2 is 1.81 bits per heavy atom. The predicted molar refractivity (Wildman–Crippen MR) is 101 cm³/mol.